The molecule has 0 unspecified atom stereocenters. The van der Waals surface area contributed by atoms with Gasteiger partial charge in [-0.15, -0.1) is 0 Å². The van der Waals surface area contributed by atoms with Crippen LogP contribution in [0.3, 0.4) is 0 Å². The molecule has 0 aromatic carbocycles. The van der Waals surface area contributed by atoms with E-state index < -0.39 is 21.1 Å². The average molecular weight is 377 g/mol. The predicted molar refractivity (Wildman–Crippen MR) is 82.7 cm³/mol. The highest BCUT2D eigenvalue weighted by molar-refractivity contribution is 7.90. The highest BCUT2D eigenvalue weighted by Crippen LogP contribution is 2.19. The summed E-state index contributed by atoms with van der Waals surface area (Å²) in [5.74, 6) is 0.0200. The highest BCUT2D eigenvalue weighted by atomic mass is 35.5. The first kappa shape index (κ1) is 17.7. The lowest BCUT2D eigenvalue weighted by Crippen LogP contribution is -2.35. The van der Waals surface area contributed by atoms with Crippen molar-refractivity contribution in [3.8, 4) is 11.8 Å². The topological polar surface area (TPSA) is 137 Å². The maximum Gasteiger partial charge on any atom is 0.335 e. The molecule has 2 rings (SSSR count). The van der Waals surface area contributed by atoms with E-state index in [0.29, 0.717) is 0 Å². The van der Waals surface area contributed by atoms with Crippen LogP contribution in [0.5, 0.6) is 11.8 Å². The largest absolute Gasteiger partial charge is 0.481 e. The maximum absolute atomic E-state index is 12.1. The van der Waals surface area contributed by atoms with Gasteiger partial charge in [0.1, 0.15) is 0 Å². The molecule has 0 aliphatic heterocycles. The molecule has 2 aromatic heterocycles. The summed E-state index contributed by atoms with van der Waals surface area (Å²) in [6.07, 6.45) is 1.28. The zero-order valence-electron chi connectivity index (χ0n) is 12.8. The van der Waals surface area contributed by atoms with E-state index in [9.17, 15) is 13.2 Å². The van der Waals surface area contributed by atoms with Gasteiger partial charge in [-0.05, 0) is 0 Å². The van der Waals surface area contributed by atoms with Crippen molar-refractivity contribution in [1.82, 2.24) is 24.5 Å². The third-order valence-corrected chi connectivity index (χ3v) is 4.21. The van der Waals surface area contributed by atoms with E-state index in [0.717, 1.165) is 0 Å². The number of amides is 2. The summed E-state index contributed by atoms with van der Waals surface area (Å²) in [4.78, 5) is 19.6. The van der Waals surface area contributed by atoms with Crippen LogP contribution in [0, 0.1) is 0 Å². The molecule has 2 aromatic rings. The van der Waals surface area contributed by atoms with Gasteiger partial charge in [0, 0.05) is 13.2 Å². The molecular formula is C11H13ClN6O5S. The monoisotopic (exact) mass is 376 g/mol. The summed E-state index contributed by atoms with van der Waals surface area (Å²) in [6, 6.07) is 0.278. The Morgan fingerprint density at radius 1 is 1.25 bits per heavy atom. The Hall–Kier alpha value is -2.60. The van der Waals surface area contributed by atoms with Crippen molar-refractivity contribution in [1.29, 1.82) is 0 Å². The van der Waals surface area contributed by atoms with Crippen molar-refractivity contribution in [2.24, 2.45) is 7.05 Å². The van der Waals surface area contributed by atoms with Gasteiger partial charge in [0.2, 0.25) is 22.7 Å². The number of carbonyl (C=O) groups excluding carboxylic acids is 1. The van der Waals surface area contributed by atoms with Crippen LogP contribution in [0.1, 0.15) is 0 Å². The molecule has 2 heterocycles. The third-order valence-electron chi connectivity index (χ3n) is 2.56. The van der Waals surface area contributed by atoms with Crippen LogP contribution < -0.4 is 19.5 Å². The van der Waals surface area contributed by atoms with Crippen LogP contribution >= 0.6 is 11.6 Å². The fourth-order valence-electron chi connectivity index (χ4n) is 1.59. The Morgan fingerprint density at radius 2 is 1.83 bits per heavy atom. The number of sulfonamides is 1. The molecule has 24 heavy (non-hydrogen) atoms. The van der Waals surface area contributed by atoms with E-state index in [1.807, 2.05) is 0 Å². The van der Waals surface area contributed by atoms with Gasteiger partial charge in [-0.25, -0.2) is 9.52 Å². The quantitative estimate of drug-likeness (QED) is 0.764. The second-order valence-electron chi connectivity index (χ2n) is 4.29. The molecular weight excluding hydrogens is 364 g/mol. The number of rotatable bonds is 5. The summed E-state index contributed by atoms with van der Waals surface area (Å²) in [6.45, 7) is 0. The van der Waals surface area contributed by atoms with Crippen molar-refractivity contribution in [3.63, 3.8) is 0 Å². The van der Waals surface area contributed by atoms with E-state index in [-0.39, 0.29) is 22.7 Å². The minimum Gasteiger partial charge on any atom is -0.481 e. The van der Waals surface area contributed by atoms with Gasteiger partial charge in [-0.1, -0.05) is 11.6 Å². The number of aryl methyl sites for hydroxylation is 1. The van der Waals surface area contributed by atoms with Crippen LogP contribution in [0.4, 0.5) is 10.7 Å². The second kappa shape index (κ2) is 6.88. The Kier molecular flexibility index (Phi) is 5.09. The second-order valence-corrected chi connectivity index (χ2v) is 6.30. The molecule has 0 spiro atoms. The van der Waals surface area contributed by atoms with E-state index >= 15 is 0 Å². The van der Waals surface area contributed by atoms with Crippen LogP contribution in [0.25, 0.3) is 0 Å². The number of ether oxygens (including phenoxy) is 2. The fraction of sp³-hybridized carbons (Fsp3) is 0.273. The Bertz CT molecular complexity index is 846. The lowest BCUT2D eigenvalue weighted by atomic mass is 10.6. The first-order chi connectivity index (χ1) is 11.2. The Balaban J connectivity index is 2.17. The van der Waals surface area contributed by atoms with E-state index in [2.05, 4.69) is 20.4 Å². The van der Waals surface area contributed by atoms with Crippen molar-refractivity contribution in [3.05, 3.63) is 17.3 Å². The maximum atomic E-state index is 12.1. The fourth-order valence-corrected chi connectivity index (χ4v) is 3.01. The SMILES string of the molecule is COc1cc(OC)nc(NC(=O)NS(=O)(=O)c2nn(C)cc2Cl)n1. The summed E-state index contributed by atoms with van der Waals surface area (Å²) < 4.78 is 37.0. The average Bonchev–Trinajstić information content (AvgIpc) is 2.85. The number of aromatic nitrogens is 4. The molecule has 130 valence electrons. The third kappa shape index (κ3) is 4.02. The molecule has 0 aliphatic rings. The van der Waals surface area contributed by atoms with E-state index in [1.165, 1.54) is 38.2 Å². The van der Waals surface area contributed by atoms with Gasteiger partial charge < -0.3 is 9.47 Å². The van der Waals surface area contributed by atoms with Crippen molar-refractivity contribution in [2.45, 2.75) is 5.03 Å². The molecule has 0 bridgehead atoms. The van der Waals surface area contributed by atoms with E-state index in [1.54, 1.807) is 4.72 Å². The molecule has 0 atom stereocenters. The van der Waals surface area contributed by atoms with Crippen molar-refractivity contribution >= 4 is 33.6 Å². The number of hydrogen-bond acceptors (Lipinski definition) is 8. The lowest BCUT2D eigenvalue weighted by Gasteiger charge is -2.08. The molecule has 11 nitrogen and oxygen atoms in total. The molecule has 0 saturated heterocycles. The first-order valence-electron chi connectivity index (χ1n) is 6.25. The molecule has 0 radical (unpaired) electrons. The number of urea groups is 1. The van der Waals surface area contributed by atoms with Crippen LogP contribution in [0.2, 0.25) is 5.02 Å². The summed E-state index contributed by atoms with van der Waals surface area (Å²) in [5, 5.41) is 5.23. The molecule has 0 aliphatic carbocycles. The summed E-state index contributed by atoms with van der Waals surface area (Å²) >= 11 is 5.76. The van der Waals surface area contributed by atoms with Crippen LogP contribution in [0.15, 0.2) is 17.3 Å². The smallest absolute Gasteiger partial charge is 0.335 e. The van der Waals surface area contributed by atoms with Gasteiger partial charge >= 0.3 is 6.03 Å². The number of carbonyl (C=O) groups is 1. The zero-order valence-corrected chi connectivity index (χ0v) is 14.3. The molecule has 0 fully saturated rings. The first-order valence-corrected chi connectivity index (χ1v) is 8.11. The van der Waals surface area contributed by atoms with Gasteiger partial charge in [0.15, 0.2) is 0 Å². The molecule has 0 saturated carbocycles. The van der Waals surface area contributed by atoms with Gasteiger partial charge in [0.25, 0.3) is 10.0 Å². The lowest BCUT2D eigenvalue weighted by molar-refractivity contribution is 0.256. The number of anilines is 1. The van der Waals surface area contributed by atoms with Gasteiger partial charge in [-0.2, -0.15) is 23.5 Å². The Labute approximate surface area is 142 Å². The van der Waals surface area contributed by atoms with Crippen LogP contribution in [-0.4, -0.2) is 48.4 Å². The predicted octanol–water partition coefficient (Wildman–Crippen LogP) is 0.391. The van der Waals surface area contributed by atoms with Crippen molar-refractivity contribution < 1.29 is 22.7 Å². The molecule has 2 N–H and O–H groups in total. The Morgan fingerprint density at radius 3 is 2.29 bits per heavy atom. The van der Waals surface area contributed by atoms with Gasteiger partial charge in [0.05, 0.1) is 25.3 Å². The highest BCUT2D eigenvalue weighted by Gasteiger charge is 2.25. The number of nitrogens with one attached hydrogen (secondary N) is 2. The number of nitrogens with zero attached hydrogens (tertiary/aromatic N) is 4. The normalized spacial score (nSPS) is 11.0. The zero-order chi connectivity index (χ0) is 17.9. The van der Waals surface area contributed by atoms with Crippen molar-refractivity contribution in [2.75, 3.05) is 19.5 Å². The summed E-state index contributed by atoms with van der Waals surface area (Å²) in [5.41, 5.74) is 0. The number of halogens is 1. The van der Waals surface area contributed by atoms with Gasteiger partial charge in [-0.3, -0.25) is 10.00 Å². The molecule has 13 heteroatoms. The number of hydrogen-bond donors (Lipinski definition) is 2. The summed E-state index contributed by atoms with van der Waals surface area (Å²) in [7, 11) is -0.0568. The standard InChI is InChI=1S/C11H13ClN6O5S/c1-18-5-6(12)9(16-18)24(20,21)17-11(19)15-10-13-7(22-2)4-8(14-10)23-3/h4-5H,1-3H3,(H2,13,14,15,17,19). The minimum atomic E-state index is -4.26. The molecule has 2 amide bonds. The van der Waals surface area contributed by atoms with Crippen LogP contribution in [-0.2, 0) is 17.1 Å². The van der Waals surface area contributed by atoms with E-state index in [4.69, 9.17) is 21.1 Å². The number of methoxy groups -OCH3 is 2. The minimum absolute atomic E-state index is 0.118.